The van der Waals surface area contributed by atoms with Gasteiger partial charge in [0.15, 0.2) is 0 Å². The van der Waals surface area contributed by atoms with Gasteiger partial charge in [-0.15, -0.1) is 0 Å². The molecule has 0 radical (unpaired) electrons. The molecule has 1 saturated heterocycles. The summed E-state index contributed by atoms with van der Waals surface area (Å²) in [4.78, 5) is 25.4. The molecule has 2 aliphatic rings. The topological polar surface area (TPSA) is 66.5 Å². The van der Waals surface area contributed by atoms with Gasteiger partial charge in [-0.3, -0.25) is 13.8 Å². The number of amides is 2. The molecular formula is C11H18N2O3S. The molecular weight excluding hydrogens is 240 g/mol. The van der Waals surface area contributed by atoms with Crippen LogP contribution in [0.4, 0.5) is 0 Å². The molecule has 96 valence electrons. The lowest BCUT2D eigenvalue weighted by Gasteiger charge is -2.23. The Morgan fingerprint density at radius 1 is 1.41 bits per heavy atom. The Balaban J connectivity index is 2.01. The highest BCUT2D eigenvalue weighted by Crippen LogP contribution is 2.34. The van der Waals surface area contributed by atoms with Gasteiger partial charge in [-0.05, 0) is 18.8 Å². The molecule has 1 aliphatic heterocycles. The summed E-state index contributed by atoms with van der Waals surface area (Å²) in [5, 5.41) is 2.80. The molecule has 0 aromatic rings. The van der Waals surface area contributed by atoms with E-state index in [2.05, 4.69) is 5.32 Å². The van der Waals surface area contributed by atoms with Gasteiger partial charge in [0.25, 0.3) is 0 Å². The molecule has 1 saturated carbocycles. The normalized spacial score (nSPS) is 27.6. The molecule has 2 rings (SSSR count). The number of carbonyl (C=O) groups is 2. The summed E-state index contributed by atoms with van der Waals surface area (Å²) >= 11 is 0. The molecule has 0 aromatic heterocycles. The molecule has 0 aromatic carbocycles. The van der Waals surface area contributed by atoms with E-state index in [4.69, 9.17) is 0 Å². The van der Waals surface area contributed by atoms with Crippen LogP contribution in [-0.2, 0) is 20.4 Å². The maximum absolute atomic E-state index is 12.2. The van der Waals surface area contributed by atoms with Crippen LogP contribution in [-0.4, -0.2) is 52.1 Å². The third kappa shape index (κ3) is 3.28. The number of rotatable bonds is 4. The van der Waals surface area contributed by atoms with Gasteiger partial charge >= 0.3 is 0 Å². The monoisotopic (exact) mass is 258 g/mol. The van der Waals surface area contributed by atoms with Crippen molar-refractivity contribution in [2.45, 2.75) is 25.3 Å². The summed E-state index contributed by atoms with van der Waals surface area (Å²) in [7, 11) is -0.902. The number of hydrogen-bond acceptors (Lipinski definition) is 3. The summed E-state index contributed by atoms with van der Waals surface area (Å²) < 4.78 is 11.1. The van der Waals surface area contributed by atoms with Crippen molar-refractivity contribution in [1.82, 2.24) is 10.2 Å². The summed E-state index contributed by atoms with van der Waals surface area (Å²) in [5.74, 6) is 0.760. The molecule has 2 atom stereocenters. The fourth-order valence-electron chi connectivity index (χ4n) is 2.06. The zero-order chi connectivity index (χ0) is 12.4. The third-order valence-electron chi connectivity index (χ3n) is 3.25. The van der Waals surface area contributed by atoms with Gasteiger partial charge in [-0.2, -0.15) is 0 Å². The van der Waals surface area contributed by atoms with Crippen molar-refractivity contribution in [2.75, 3.05) is 25.1 Å². The molecule has 5 nitrogen and oxygen atoms in total. The Kier molecular flexibility index (Phi) is 3.81. The highest BCUT2D eigenvalue weighted by Gasteiger charge is 2.40. The number of nitrogens with one attached hydrogen (secondary N) is 1. The van der Waals surface area contributed by atoms with E-state index in [1.54, 1.807) is 11.2 Å². The lowest BCUT2D eigenvalue weighted by Crippen LogP contribution is -2.46. The van der Waals surface area contributed by atoms with E-state index < -0.39 is 10.8 Å². The fraction of sp³-hybridized carbons (Fsp3) is 0.818. The Morgan fingerprint density at radius 3 is 2.71 bits per heavy atom. The minimum absolute atomic E-state index is 0.00352. The average molecular weight is 258 g/mol. The first-order valence-corrected chi connectivity index (χ1v) is 7.69. The van der Waals surface area contributed by atoms with E-state index in [0.717, 1.165) is 12.8 Å². The van der Waals surface area contributed by atoms with Crippen molar-refractivity contribution in [2.24, 2.45) is 5.92 Å². The van der Waals surface area contributed by atoms with Gasteiger partial charge in [0, 0.05) is 42.3 Å². The van der Waals surface area contributed by atoms with Crippen LogP contribution in [0.15, 0.2) is 0 Å². The second-order valence-corrected chi connectivity index (χ2v) is 6.29. The van der Waals surface area contributed by atoms with Crippen LogP contribution in [0.1, 0.15) is 19.3 Å². The van der Waals surface area contributed by atoms with Crippen LogP contribution in [0.2, 0.25) is 0 Å². The van der Waals surface area contributed by atoms with Gasteiger partial charge in [0.05, 0.1) is 0 Å². The molecule has 1 aliphatic carbocycles. The zero-order valence-electron chi connectivity index (χ0n) is 9.98. The Hall–Kier alpha value is -0.910. The number of nitrogens with zero attached hydrogens (tertiary/aromatic N) is 1. The van der Waals surface area contributed by atoms with E-state index in [0.29, 0.717) is 31.2 Å². The largest absolute Gasteiger partial charge is 0.344 e. The zero-order valence-corrected chi connectivity index (χ0v) is 10.8. The lowest BCUT2D eigenvalue weighted by molar-refractivity contribution is -0.133. The van der Waals surface area contributed by atoms with E-state index in [9.17, 15) is 13.8 Å². The third-order valence-corrected chi connectivity index (χ3v) is 4.00. The first kappa shape index (κ1) is 12.5. The Labute approximate surface area is 103 Å². The smallest absolute Gasteiger partial charge is 0.245 e. The highest BCUT2D eigenvalue weighted by atomic mass is 32.2. The number of hydrogen-bond donors (Lipinski definition) is 1. The van der Waals surface area contributed by atoms with E-state index >= 15 is 0 Å². The summed E-state index contributed by atoms with van der Waals surface area (Å²) in [6.45, 7) is 0.936. The van der Waals surface area contributed by atoms with Gasteiger partial charge in [-0.25, -0.2) is 0 Å². The predicted molar refractivity (Wildman–Crippen MR) is 64.8 cm³/mol. The highest BCUT2D eigenvalue weighted by molar-refractivity contribution is 7.84. The van der Waals surface area contributed by atoms with Crippen molar-refractivity contribution in [3.8, 4) is 0 Å². The molecule has 1 heterocycles. The fourth-order valence-corrected chi connectivity index (χ4v) is 2.54. The van der Waals surface area contributed by atoms with Crippen LogP contribution < -0.4 is 5.32 Å². The lowest BCUT2D eigenvalue weighted by atomic mass is 10.1. The summed E-state index contributed by atoms with van der Waals surface area (Å²) in [6.07, 6.45) is 4.02. The van der Waals surface area contributed by atoms with Gasteiger partial charge in [0.1, 0.15) is 6.04 Å². The Morgan fingerprint density at radius 2 is 2.12 bits per heavy atom. The summed E-state index contributed by atoms with van der Waals surface area (Å²) in [6, 6.07) is -0.338. The average Bonchev–Trinajstić information content (AvgIpc) is 3.07. The van der Waals surface area contributed by atoms with Crippen LogP contribution in [0, 0.1) is 5.92 Å². The minimum Gasteiger partial charge on any atom is -0.344 e. The first-order valence-electron chi connectivity index (χ1n) is 5.96. The molecule has 17 heavy (non-hydrogen) atoms. The van der Waals surface area contributed by atoms with Gasteiger partial charge in [-0.1, -0.05) is 0 Å². The molecule has 0 bridgehead atoms. The second-order valence-electron chi connectivity index (χ2n) is 4.74. The quantitative estimate of drug-likeness (QED) is 0.739. The molecule has 2 amide bonds. The van der Waals surface area contributed by atoms with Crippen LogP contribution in [0.5, 0.6) is 0 Å². The second kappa shape index (κ2) is 5.16. The molecule has 2 fully saturated rings. The van der Waals surface area contributed by atoms with Gasteiger partial charge in [0.2, 0.25) is 11.8 Å². The van der Waals surface area contributed by atoms with Crippen molar-refractivity contribution in [3.63, 3.8) is 0 Å². The molecule has 0 spiro atoms. The predicted octanol–water partition coefficient (Wildman–Crippen LogP) is -0.508. The van der Waals surface area contributed by atoms with Crippen molar-refractivity contribution < 1.29 is 13.8 Å². The van der Waals surface area contributed by atoms with E-state index in [1.807, 2.05) is 0 Å². The SMILES string of the molecule is CS(=O)CCN1CCC(=O)NC(C2CC2)C1=O. The summed E-state index contributed by atoms with van der Waals surface area (Å²) in [5.41, 5.74) is 0. The maximum Gasteiger partial charge on any atom is 0.245 e. The van der Waals surface area contributed by atoms with Crippen molar-refractivity contribution in [1.29, 1.82) is 0 Å². The maximum atomic E-state index is 12.2. The number of carbonyl (C=O) groups excluding carboxylic acids is 2. The van der Waals surface area contributed by atoms with E-state index in [1.165, 1.54) is 0 Å². The van der Waals surface area contributed by atoms with Crippen LogP contribution in [0.25, 0.3) is 0 Å². The molecule has 6 heteroatoms. The van der Waals surface area contributed by atoms with Gasteiger partial charge < -0.3 is 10.2 Å². The van der Waals surface area contributed by atoms with Crippen LogP contribution >= 0.6 is 0 Å². The van der Waals surface area contributed by atoms with Crippen molar-refractivity contribution in [3.05, 3.63) is 0 Å². The molecule has 1 N–H and O–H groups in total. The van der Waals surface area contributed by atoms with Crippen molar-refractivity contribution >= 4 is 22.6 Å². The Bertz CT molecular complexity index is 355. The van der Waals surface area contributed by atoms with E-state index in [-0.39, 0.29) is 17.9 Å². The first-order chi connectivity index (χ1) is 8.08. The minimum atomic E-state index is -0.902. The molecule has 2 unspecified atom stereocenters. The van der Waals surface area contributed by atoms with Crippen LogP contribution in [0.3, 0.4) is 0 Å². The standard InChI is InChI=1S/C11H18N2O3S/c1-17(16)7-6-13-5-4-9(14)12-10(11(13)15)8-2-3-8/h8,10H,2-7H2,1H3,(H,12,14).